The number of carbonyl (C=O) groups is 1. The molecule has 0 bridgehead atoms. The number of hydrogen-bond donors (Lipinski definition) is 1. The molecule has 0 fully saturated rings. The van der Waals surface area contributed by atoms with Crippen molar-refractivity contribution in [1.29, 1.82) is 0 Å². The number of hydrogen-bond acceptors (Lipinski definition) is 4. The van der Waals surface area contributed by atoms with Crippen LogP contribution in [-0.2, 0) is 6.54 Å². The van der Waals surface area contributed by atoms with Crippen LogP contribution in [0.1, 0.15) is 16.1 Å². The van der Waals surface area contributed by atoms with E-state index in [0.717, 1.165) is 16.8 Å². The van der Waals surface area contributed by atoms with Gasteiger partial charge in [-0.3, -0.25) is 19.7 Å². The van der Waals surface area contributed by atoms with Crippen molar-refractivity contribution in [3.63, 3.8) is 0 Å². The van der Waals surface area contributed by atoms with E-state index in [-0.39, 0.29) is 5.91 Å². The number of aromatic nitrogens is 3. The van der Waals surface area contributed by atoms with Crippen LogP contribution in [0.2, 0.25) is 0 Å². The van der Waals surface area contributed by atoms with Gasteiger partial charge in [0.1, 0.15) is 5.69 Å². The molecule has 1 amide bonds. The summed E-state index contributed by atoms with van der Waals surface area (Å²) in [6, 6.07) is 12.9. The van der Waals surface area contributed by atoms with E-state index in [2.05, 4.69) is 20.3 Å². The second-order valence-electron chi connectivity index (χ2n) is 4.69. The Kier molecular flexibility index (Phi) is 4.15. The molecule has 0 atom stereocenters. The monoisotopic (exact) mass is 290 g/mol. The molecule has 3 aromatic heterocycles. The molecule has 0 aliphatic carbocycles. The van der Waals surface area contributed by atoms with Gasteiger partial charge in [-0.15, -0.1) is 0 Å². The van der Waals surface area contributed by atoms with Gasteiger partial charge in [0, 0.05) is 36.9 Å². The highest BCUT2D eigenvalue weighted by molar-refractivity contribution is 5.92. The Morgan fingerprint density at radius 1 is 0.955 bits per heavy atom. The molecule has 108 valence electrons. The van der Waals surface area contributed by atoms with Gasteiger partial charge in [-0.25, -0.2) is 0 Å². The fraction of sp³-hybridized carbons (Fsp3) is 0.0588. The van der Waals surface area contributed by atoms with Crippen LogP contribution in [0.4, 0.5) is 0 Å². The Balaban J connectivity index is 1.63. The first-order valence-corrected chi connectivity index (χ1v) is 6.87. The Labute approximate surface area is 128 Å². The minimum Gasteiger partial charge on any atom is -0.347 e. The standard InChI is InChI=1S/C17H14N4O/c22-17(16-5-1-2-9-19-16)21-11-13-6-7-15(20-10-13)14-4-3-8-18-12-14/h1-10,12H,11H2,(H,21,22). The largest absolute Gasteiger partial charge is 0.347 e. The van der Waals surface area contributed by atoms with E-state index in [0.29, 0.717) is 12.2 Å². The summed E-state index contributed by atoms with van der Waals surface area (Å²) >= 11 is 0. The van der Waals surface area contributed by atoms with Crippen LogP contribution in [0.15, 0.2) is 67.3 Å². The van der Waals surface area contributed by atoms with Gasteiger partial charge in [-0.1, -0.05) is 12.1 Å². The lowest BCUT2D eigenvalue weighted by molar-refractivity contribution is 0.0946. The first-order chi connectivity index (χ1) is 10.8. The zero-order valence-corrected chi connectivity index (χ0v) is 11.8. The van der Waals surface area contributed by atoms with Crippen molar-refractivity contribution < 1.29 is 4.79 Å². The van der Waals surface area contributed by atoms with Crippen LogP contribution in [0.5, 0.6) is 0 Å². The SMILES string of the molecule is O=C(NCc1ccc(-c2cccnc2)nc1)c1ccccn1. The van der Waals surface area contributed by atoms with E-state index in [9.17, 15) is 4.79 Å². The van der Waals surface area contributed by atoms with Crippen molar-refractivity contribution in [2.45, 2.75) is 6.54 Å². The van der Waals surface area contributed by atoms with Crippen LogP contribution < -0.4 is 5.32 Å². The normalized spacial score (nSPS) is 10.2. The van der Waals surface area contributed by atoms with Crippen LogP contribution in [0.25, 0.3) is 11.3 Å². The molecule has 0 unspecified atom stereocenters. The first kappa shape index (κ1) is 13.9. The van der Waals surface area contributed by atoms with Crippen molar-refractivity contribution >= 4 is 5.91 Å². The summed E-state index contributed by atoms with van der Waals surface area (Å²) in [5.74, 6) is -0.197. The summed E-state index contributed by atoms with van der Waals surface area (Å²) in [5, 5.41) is 2.82. The topological polar surface area (TPSA) is 67.8 Å². The van der Waals surface area contributed by atoms with Crippen molar-refractivity contribution in [3.8, 4) is 11.3 Å². The second kappa shape index (κ2) is 6.58. The van der Waals surface area contributed by atoms with Crippen molar-refractivity contribution in [2.24, 2.45) is 0 Å². The highest BCUT2D eigenvalue weighted by Crippen LogP contribution is 2.15. The van der Waals surface area contributed by atoms with Crippen molar-refractivity contribution in [3.05, 3.63) is 78.5 Å². The molecule has 0 aromatic carbocycles. The minimum absolute atomic E-state index is 0.197. The molecule has 0 saturated carbocycles. The predicted octanol–water partition coefficient (Wildman–Crippen LogP) is 2.47. The molecule has 0 saturated heterocycles. The third-order valence-electron chi connectivity index (χ3n) is 3.13. The number of pyridine rings is 3. The van der Waals surface area contributed by atoms with Gasteiger partial charge in [0.05, 0.1) is 5.69 Å². The van der Waals surface area contributed by atoms with Crippen LogP contribution in [0.3, 0.4) is 0 Å². The summed E-state index contributed by atoms with van der Waals surface area (Å²) in [4.78, 5) is 24.4. The lowest BCUT2D eigenvalue weighted by Crippen LogP contribution is -2.23. The van der Waals surface area contributed by atoms with Gasteiger partial charge in [0.15, 0.2) is 0 Å². The van der Waals surface area contributed by atoms with E-state index >= 15 is 0 Å². The molecule has 0 aliphatic heterocycles. The highest BCUT2D eigenvalue weighted by atomic mass is 16.1. The third kappa shape index (κ3) is 3.32. The molecule has 5 nitrogen and oxygen atoms in total. The predicted molar refractivity (Wildman–Crippen MR) is 82.9 cm³/mol. The maximum atomic E-state index is 11.9. The smallest absolute Gasteiger partial charge is 0.270 e. The van der Waals surface area contributed by atoms with E-state index < -0.39 is 0 Å². The lowest BCUT2D eigenvalue weighted by atomic mass is 10.1. The zero-order valence-electron chi connectivity index (χ0n) is 11.8. The summed E-state index contributed by atoms with van der Waals surface area (Å²) in [6.45, 7) is 0.412. The number of amides is 1. The summed E-state index contributed by atoms with van der Waals surface area (Å²) < 4.78 is 0. The number of nitrogens with one attached hydrogen (secondary N) is 1. The van der Waals surface area contributed by atoms with Crippen LogP contribution in [0, 0.1) is 0 Å². The number of nitrogens with zero attached hydrogens (tertiary/aromatic N) is 3. The molecule has 1 N–H and O–H groups in total. The Morgan fingerprint density at radius 3 is 2.59 bits per heavy atom. The molecule has 22 heavy (non-hydrogen) atoms. The van der Waals surface area contributed by atoms with E-state index in [4.69, 9.17) is 0 Å². The number of carbonyl (C=O) groups excluding carboxylic acids is 1. The molecule has 0 aliphatic rings. The summed E-state index contributed by atoms with van der Waals surface area (Å²) in [5.41, 5.74) is 3.15. The quantitative estimate of drug-likeness (QED) is 0.801. The molecule has 3 aromatic rings. The van der Waals surface area contributed by atoms with Crippen molar-refractivity contribution in [1.82, 2.24) is 20.3 Å². The maximum absolute atomic E-state index is 11.9. The molecule has 3 heterocycles. The first-order valence-electron chi connectivity index (χ1n) is 6.87. The molecule has 5 heteroatoms. The van der Waals surface area contributed by atoms with Gasteiger partial charge >= 0.3 is 0 Å². The highest BCUT2D eigenvalue weighted by Gasteiger charge is 2.06. The van der Waals surface area contributed by atoms with Gasteiger partial charge < -0.3 is 5.32 Å². The van der Waals surface area contributed by atoms with Gasteiger partial charge in [-0.2, -0.15) is 0 Å². The average Bonchev–Trinajstić information content (AvgIpc) is 2.61. The van der Waals surface area contributed by atoms with Crippen LogP contribution in [-0.4, -0.2) is 20.9 Å². The van der Waals surface area contributed by atoms with Crippen LogP contribution >= 0.6 is 0 Å². The number of rotatable bonds is 4. The zero-order chi connectivity index (χ0) is 15.2. The fourth-order valence-corrected chi connectivity index (χ4v) is 1.98. The Hall–Kier alpha value is -3.08. The van der Waals surface area contributed by atoms with Crippen molar-refractivity contribution in [2.75, 3.05) is 0 Å². The van der Waals surface area contributed by atoms with Gasteiger partial charge in [-0.05, 0) is 35.9 Å². The van der Waals surface area contributed by atoms with Gasteiger partial charge in [0.25, 0.3) is 5.91 Å². The minimum atomic E-state index is -0.197. The summed E-state index contributed by atoms with van der Waals surface area (Å²) in [7, 11) is 0. The summed E-state index contributed by atoms with van der Waals surface area (Å²) in [6.07, 6.45) is 6.84. The molecule has 0 spiro atoms. The molecular formula is C17H14N4O. The third-order valence-corrected chi connectivity index (χ3v) is 3.13. The molecular weight excluding hydrogens is 276 g/mol. The molecule has 0 radical (unpaired) electrons. The maximum Gasteiger partial charge on any atom is 0.270 e. The molecule has 3 rings (SSSR count). The average molecular weight is 290 g/mol. The Bertz CT molecular complexity index is 743. The van der Waals surface area contributed by atoms with E-state index in [1.807, 2.05) is 24.3 Å². The fourth-order valence-electron chi connectivity index (χ4n) is 1.98. The Morgan fingerprint density at radius 2 is 1.91 bits per heavy atom. The lowest BCUT2D eigenvalue weighted by Gasteiger charge is -2.05. The van der Waals surface area contributed by atoms with E-state index in [1.54, 1.807) is 43.0 Å². The van der Waals surface area contributed by atoms with E-state index in [1.165, 1.54) is 0 Å². The second-order valence-corrected chi connectivity index (χ2v) is 4.69. The van der Waals surface area contributed by atoms with Gasteiger partial charge in [0.2, 0.25) is 0 Å².